The van der Waals surface area contributed by atoms with Crippen LogP contribution < -0.4 is 0 Å². The number of fused-ring (bicyclic) bond motifs is 2. The van der Waals surface area contributed by atoms with Crippen molar-refractivity contribution in [2.24, 2.45) is 0 Å². The van der Waals surface area contributed by atoms with Crippen molar-refractivity contribution in [3.63, 3.8) is 0 Å². The summed E-state index contributed by atoms with van der Waals surface area (Å²) < 4.78 is 0. The van der Waals surface area contributed by atoms with E-state index in [1.807, 2.05) is 0 Å². The van der Waals surface area contributed by atoms with E-state index in [4.69, 9.17) is 0 Å². The van der Waals surface area contributed by atoms with Gasteiger partial charge in [0.05, 0.1) is 0 Å². The number of hydrogen-bond acceptors (Lipinski definition) is 0. The van der Waals surface area contributed by atoms with Gasteiger partial charge >= 0.3 is 0 Å². The zero-order valence-corrected chi connectivity index (χ0v) is 5.43. The lowest BCUT2D eigenvalue weighted by Gasteiger charge is -2.11. The number of hydrogen-bond donors (Lipinski definition) is 0. The molecule has 2 aliphatic rings. The van der Waals surface area contributed by atoms with Gasteiger partial charge in [-0.05, 0) is 17.5 Å². The molecule has 1 aromatic carbocycles. The zero-order chi connectivity index (χ0) is 6.69. The van der Waals surface area contributed by atoms with Gasteiger partial charge < -0.3 is 0 Å². The summed E-state index contributed by atoms with van der Waals surface area (Å²) in [5, 5.41) is 0. The predicted molar refractivity (Wildman–Crippen MR) is 40.5 cm³/mol. The number of rotatable bonds is 0. The summed E-state index contributed by atoms with van der Waals surface area (Å²) in [6, 6.07) is 8.65. The van der Waals surface area contributed by atoms with Crippen LogP contribution in [-0.4, -0.2) is 0 Å². The van der Waals surface area contributed by atoms with Crippen LogP contribution in [0.2, 0.25) is 0 Å². The van der Waals surface area contributed by atoms with Crippen molar-refractivity contribution < 1.29 is 0 Å². The van der Waals surface area contributed by atoms with Gasteiger partial charge in [0, 0.05) is 0 Å². The van der Waals surface area contributed by atoms with Gasteiger partial charge in [-0.15, -0.1) is 13.2 Å². The minimum absolute atomic E-state index is 1.22. The Morgan fingerprint density at radius 1 is 1.11 bits per heavy atom. The number of benzene rings is 1. The lowest BCUT2D eigenvalue weighted by atomic mass is 9.94. The van der Waals surface area contributed by atoms with Gasteiger partial charge in [0.1, 0.15) is 0 Å². The van der Waals surface area contributed by atoms with Crippen molar-refractivity contribution >= 4 is 0 Å². The smallest absolute Gasteiger partial charge is 0.00256 e. The molecule has 0 spiro atoms. The molecule has 0 unspecified atom stereocenters. The second-order valence-electron chi connectivity index (χ2n) is 2.00. The summed E-state index contributed by atoms with van der Waals surface area (Å²) in [5.74, 6) is 0. The third-order valence-corrected chi connectivity index (χ3v) is 1.40. The molecule has 0 heteroatoms. The average molecular weight is 118 g/mol. The summed E-state index contributed by atoms with van der Waals surface area (Å²) >= 11 is 0. The first-order chi connectivity index (χ1) is 4.45. The van der Waals surface area contributed by atoms with Crippen LogP contribution in [0.5, 0.6) is 0 Å². The molecule has 0 nitrogen and oxygen atoms in total. The molecule has 0 N–H and O–H groups in total. The van der Waals surface area contributed by atoms with Crippen molar-refractivity contribution in [1.29, 1.82) is 0 Å². The van der Waals surface area contributed by atoms with Crippen LogP contribution >= 0.6 is 0 Å². The van der Waals surface area contributed by atoms with Crippen LogP contribution in [0.15, 0.2) is 37.4 Å². The van der Waals surface area contributed by atoms with Crippen molar-refractivity contribution in [2.45, 2.75) is 6.42 Å². The van der Waals surface area contributed by atoms with Gasteiger partial charge in [0.25, 0.3) is 0 Å². The monoisotopic (exact) mass is 118 g/mol. The molecule has 1 aromatic rings. The van der Waals surface area contributed by atoms with Crippen LogP contribution in [0.1, 0.15) is 11.1 Å². The molecule has 0 aromatic heterocycles. The van der Waals surface area contributed by atoms with E-state index in [-0.39, 0.29) is 0 Å². The second kappa shape index (κ2) is 2.49. The fourth-order valence-electron chi connectivity index (χ4n) is 0.954. The Bertz CT molecular complexity index is 176. The molecule has 3 rings (SSSR count). The van der Waals surface area contributed by atoms with Gasteiger partial charge in [-0.3, -0.25) is 0 Å². The van der Waals surface area contributed by atoms with Gasteiger partial charge in [0.2, 0.25) is 0 Å². The van der Waals surface area contributed by atoms with Gasteiger partial charge in [0.15, 0.2) is 0 Å². The lowest BCUT2D eigenvalue weighted by Crippen LogP contribution is -1.97. The molecule has 0 radical (unpaired) electrons. The third-order valence-electron chi connectivity index (χ3n) is 1.40. The maximum Gasteiger partial charge on any atom is -0.00256 e. The topological polar surface area (TPSA) is 0 Å². The highest BCUT2D eigenvalue weighted by Crippen LogP contribution is 2.18. The largest absolute Gasteiger partial charge is 0.106 e. The third kappa shape index (κ3) is 1.02. The molecule has 0 fully saturated rings. The summed E-state index contributed by atoms with van der Waals surface area (Å²) in [6.07, 6.45) is 1.22. The van der Waals surface area contributed by atoms with Crippen LogP contribution in [0, 0.1) is 0 Å². The second-order valence-corrected chi connectivity index (χ2v) is 2.00. The Hall–Kier alpha value is -1.04. The molecule has 46 valence electrons. The standard InChI is InChI=1S/C7H6.C2H4/c1-2-6-4-7(3-1)5-6;1-2/h1-4H,5H2;1-2H2. The predicted octanol–water partition coefficient (Wildman–Crippen LogP) is 2.39. The van der Waals surface area contributed by atoms with E-state index in [1.54, 1.807) is 0 Å². The van der Waals surface area contributed by atoms with Crippen molar-refractivity contribution in [1.82, 2.24) is 0 Å². The van der Waals surface area contributed by atoms with E-state index in [0.29, 0.717) is 0 Å². The molecule has 0 saturated carbocycles. The Balaban J connectivity index is 0.000000186. The van der Waals surface area contributed by atoms with Crippen molar-refractivity contribution in [3.05, 3.63) is 48.6 Å². The molecule has 0 atom stereocenters. The summed E-state index contributed by atoms with van der Waals surface area (Å²) in [5.41, 5.74) is 2.97. The first-order valence-corrected chi connectivity index (χ1v) is 3.03. The Morgan fingerprint density at radius 2 is 1.56 bits per heavy atom. The highest BCUT2D eigenvalue weighted by atomic mass is 14.1. The highest BCUT2D eigenvalue weighted by Gasteiger charge is 2.04. The van der Waals surface area contributed by atoms with Gasteiger partial charge in [-0.2, -0.15) is 0 Å². The highest BCUT2D eigenvalue weighted by molar-refractivity contribution is 5.37. The maximum atomic E-state index is 3.00. The quantitative estimate of drug-likeness (QED) is 0.466. The van der Waals surface area contributed by atoms with E-state index >= 15 is 0 Å². The summed E-state index contributed by atoms with van der Waals surface area (Å²) in [4.78, 5) is 0. The Labute approximate surface area is 55.8 Å². The molecular formula is C9H10. The summed E-state index contributed by atoms with van der Waals surface area (Å²) in [7, 11) is 0. The van der Waals surface area contributed by atoms with Crippen molar-refractivity contribution in [3.8, 4) is 0 Å². The van der Waals surface area contributed by atoms with E-state index < -0.39 is 0 Å². The fraction of sp³-hybridized carbons (Fsp3) is 0.111. The molecule has 2 aliphatic carbocycles. The fourth-order valence-corrected chi connectivity index (χ4v) is 0.954. The molecule has 2 bridgehead atoms. The van der Waals surface area contributed by atoms with Gasteiger partial charge in [-0.25, -0.2) is 0 Å². The van der Waals surface area contributed by atoms with E-state index in [0.717, 1.165) is 0 Å². The minimum Gasteiger partial charge on any atom is -0.106 e. The maximum absolute atomic E-state index is 3.00. The lowest BCUT2D eigenvalue weighted by molar-refractivity contribution is 1.09. The Kier molecular flexibility index (Phi) is 1.69. The van der Waals surface area contributed by atoms with Crippen LogP contribution in [-0.2, 0) is 6.42 Å². The first kappa shape index (κ1) is 6.09. The molecule has 0 saturated heterocycles. The van der Waals surface area contributed by atoms with Crippen LogP contribution in [0.3, 0.4) is 0 Å². The normalized spacial score (nSPS) is 10.7. The van der Waals surface area contributed by atoms with Crippen LogP contribution in [0.4, 0.5) is 0 Å². The van der Waals surface area contributed by atoms with E-state index in [1.165, 1.54) is 17.5 Å². The first-order valence-electron chi connectivity index (χ1n) is 3.03. The average Bonchev–Trinajstić information content (AvgIpc) is 1.93. The Morgan fingerprint density at radius 3 is 1.67 bits per heavy atom. The van der Waals surface area contributed by atoms with Crippen LogP contribution in [0.25, 0.3) is 0 Å². The zero-order valence-electron chi connectivity index (χ0n) is 5.43. The minimum atomic E-state index is 1.22. The molecular weight excluding hydrogens is 108 g/mol. The van der Waals surface area contributed by atoms with Crippen molar-refractivity contribution in [2.75, 3.05) is 0 Å². The molecule has 0 amide bonds. The van der Waals surface area contributed by atoms with E-state index in [2.05, 4.69) is 37.4 Å². The molecule has 0 heterocycles. The summed E-state index contributed by atoms with van der Waals surface area (Å²) in [6.45, 7) is 6.00. The SMILES string of the molecule is C=C.c1cc2cc(c1)C2. The molecule has 9 heavy (non-hydrogen) atoms. The molecule has 0 aliphatic heterocycles. The van der Waals surface area contributed by atoms with E-state index in [9.17, 15) is 0 Å². The van der Waals surface area contributed by atoms with Gasteiger partial charge in [-0.1, -0.05) is 24.3 Å².